The van der Waals surface area contributed by atoms with E-state index in [1.54, 1.807) is 14.2 Å². The highest BCUT2D eigenvalue weighted by Crippen LogP contribution is 2.34. The topological polar surface area (TPSA) is 100 Å². The summed E-state index contributed by atoms with van der Waals surface area (Å²) in [5.41, 5.74) is 1.84. The molecule has 0 unspecified atom stereocenters. The van der Waals surface area contributed by atoms with E-state index in [9.17, 15) is 5.26 Å². The molecule has 3 rings (SSSR count). The summed E-state index contributed by atoms with van der Waals surface area (Å²) in [6.45, 7) is 2.25. The van der Waals surface area contributed by atoms with Crippen molar-refractivity contribution in [2.24, 2.45) is 0 Å². The van der Waals surface area contributed by atoms with Crippen LogP contribution in [0.1, 0.15) is 21.8 Å². The molecule has 0 atom stereocenters. The van der Waals surface area contributed by atoms with E-state index in [1.807, 2.05) is 25.1 Å². The molecule has 0 saturated heterocycles. The number of nitriles is 1. The fraction of sp³-hybridized carbons (Fsp3) is 0.316. The molecule has 140 valence electrons. The Bertz CT molecular complexity index is 1010. The molecule has 0 radical (unpaired) electrons. The van der Waals surface area contributed by atoms with Gasteiger partial charge in [0.2, 0.25) is 0 Å². The number of aromatic nitrogens is 2. The molecule has 2 N–H and O–H groups in total. The lowest BCUT2D eigenvalue weighted by atomic mass is 10.1. The molecule has 2 aromatic heterocycles. The lowest BCUT2D eigenvalue weighted by molar-refractivity contribution is 0.311. The van der Waals surface area contributed by atoms with Crippen molar-refractivity contribution in [3.8, 4) is 17.6 Å². The summed E-state index contributed by atoms with van der Waals surface area (Å²) in [4.78, 5) is 10.7. The van der Waals surface area contributed by atoms with E-state index in [0.717, 1.165) is 21.3 Å². The highest BCUT2D eigenvalue weighted by molar-refractivity contribution is 7.19. The highest BCUT2D eigenvalue weighted by Gasteiger charge is 2.17. The van der Waals surface area contributed by atoms with Gasteiger partial charge in [-0.05, 0) is 30.2 Å². The molecule has 8 heteroatoms. The molecule has 0 spiro atoms. The lowest BCUT2D eigenvalue weighted by Crippen LogP contribution is -2.09. The number of anilines is 1. The van der Waals surface area contributed by atoms with Crippen LogP contribution in [0.3, 0.4) is 0 Å². The first kappa shape index (κ1) is 18.9. The fourth-order valence-electron chi connectivity index (χ4n) is 2.84. The predicted octanol–water partition coefficient (Wildman–Crippen LogP) is 2.88. The normalized spacial score (nSPS) is 10.6. The Morgan fingerprint density at radius 2 is 2.00 bits per heavy atom. The third-order valence-electron chi connectivity index (χ3n) is 4.15. The van der Waals surface area contributed by atoms with Gasteiger partial charge in [0, 0.05) is 13.0 Å². The van der Waals surface area contributed by atoms with Crippen LogP contribution in [0.25, 0.3) is 10.2 Å². The SMILES string of the molecule is COc1ccc(Cc2nc(NCCO)c3c(C)c(C#N)sc3n2)cc1OC. The molecule has 0 amide bonds. The van der Waals surface area contributed by atoms with Crippen molar-refractivity contribution in [2.45, 2.75) is 13.3 Å². The third kappa shape index (κ3) is 3.79. The fourth-order valence-corrected chi connectivity index (χ4v) is 3.84. The highest BCUT2D eigenvalue weighted by atomic mass is 32.1. The summed E-state index contributed by atoms with van der Waals surface area (Å²) in [5.74, 6) is 2.57. The summed E-state index contributed by atoms with van der Waals surface area (Å²) in [7, 11) is 3.19. The van der Waals surface area contributed by atoms with Crippen molar-refractivity contribution >= 4 is 27.4 Å². The van der Waals surface area contributed by atoms with Gasteiger partial charge in [0.15, 0.2) is 11.5 Å². The molecule has 27 heavy (non-hydrogen) atoms. The monoisotopic (exact) mass is 384 g/mol. The van der Waals surface area contributed by atoms with Crippen molar-refractivity contribution in [1.82, 2.24) is 9.97 Å². The minimum Gasteiger partial charge on any atom is -0.493 e. The second-order valence-corrected chi connectivity index (χ2v) is 6.85. The van der Waals surface area contributed by atoms with E-state index in [2.05, 4.69) is 21.4 Å². The number of rotatable bonds is 7. The Balaban J connectivity index is 2.03. The Labute approximate surface area is 161 Å². The van der Waals surface area contributed by atoms with Crippen molar-refractivity contribution in [3.05, 3.63) is 40.0 Å². The molecular weight excluding hydrogens is 364 g/mol. The smallest absolute Gasteiger partial charge is 0.161 e. The van der Waals surface area contributed by atoms with Crippen molar-refractivity contribution in [2.75, 3.05) is 32.7 Å². The van der Waals surface area contributed by atoms with Crippen LogP contribution in [0.15, 0.2) is 18.2 Å². The Morgan fingerprint density at radius 1 is 1.22 bits per heavy atom. The summed E-state index contributed by atoms with van der Waals surface area (Å²) in [6.07, 6.45) is 0.503. The molecule has 0 aliphatic heterocycles. The maximum absolute atomic E-state index is 9.32. The molecule has 0 saturated carbocycles. The van der Waals surface area contributed by atoms with Gasteiger partial charge in [0.05, 0.1) is 26.2 Å². The number of nitrogens with zero attached hydrogens (tertiary/aromatic N) is 3. The van der Waals surface area contributed by atoms with Crippen LogP contribution < -0.4 is 14.8 Å². The van der Waals surface area contributed by atoms with Gasteiger partial charge in [0.25, 0.3) is 0 Å². The number of fused-ring (bicyclic) bond motifs is 1. The number of aliphatic hydroxyl groups excluding tert-OH is 1. The largest absolute Gasteiger partial charge is 0.493 e. The van der Waals surface area contributed by atoms with Gasteiger partial charge in [-0.15, -0.1) is 11.3 Å². The molecule has 0 bridgehead atoms. The van der Waals surface area contributed by atoms with Crippen LogP contribution in [0, 0.1) is 18.3 Å². The Morgan fingerprint density at radius 3 is 2.67 bits per heavy atom. The average Bonchev–Trinajstić information content (AvgIpc) is 3.01. The Hall–Kier alpha value is -2.89. The average molecular weight is 384 g/mol. The molecule has 1 aromatic carbocycles. The van der Waals surface area contributed by atoms with E-state index in [4.69, 9.17) is 14.6 Å². The van der Waals surface area contributed by atoms with E-state index in [-0.39, 0.29) is 6.61 Å². The van der Waals surface area contributed by atoms with Crippen molar-refractivity contribution in [1.29, 1.82) is 5.26 Å². The number of benzene rings is 1. The third-order valence-corrected chi connectivity index (χ3v) is 5.24. The zero-order valence-electron chi connectivity index (χ0n) is 15.4. The van der Waals surface area contributed by atoms with E-state index in [1.165, 1.54) is 11.3 Å². The Kier molecular flexibility index (Phi) is 5.74. The maximum atomic E-state index is 9.32. The predicted molar refractivity (Wildman–Crippen MR) is 105 cm³/mol. The quantitative estimate of drug-likeness (QED) is 0.646. The van der Waals surface area contributed by atoms with Gasteiger partial charge in [0.1, 0.15) is 27.4 Å². The summed E-state index contributed by atoms with van der Waals surface area (Å²) >= 11 is 1.35. The van der Waals surface area contributed by atoms with E-state index < -0.39 is 0 Å². The van der Waals surface area contributed by atoms with Crippen LogP contribution in [0.5, 0.6) is 11.5 Å². The summed E-state index contributed by atoms with van der Waals surface area (Å²) < 4.78 is 10.6. The molecule has 7 nitrogen and oxygen atoms in total. The number of ether oxygens (including phenoxy) is 2. The number of hydrogen-bond donors (Lipinski definition) is 2. The number of nitrogens with one attached hydrogen (secondary N) is 1. The second-order valence-electron chi connectivity index (χ2n) is 5.85. The second kappa shape index (κ2) is 8.20. The number of hydrogen-bond acceptors (Lipinski definition) is 8. The van der Waals surface area contributed by atoms with Gasteiger partial charge in [-0.3, -0.25) is 0 Å². The maximum Gasteiger partial charge on any atom is 0.161 e. The molecule has 0 aliphatic carbocycles. The molecule has 2 heterocycles. The minimum atomic E-state index is -0.00913. The zero-order valence-corrected chi connectivity index (χ0v) is 16.2. The van der Waals surface area contributed by atoms with E-state index >= 15 is 0 Å². The lowest BCUT2D eigenvalue weighted by Gasteiger charge is -2.11. The van der Waals surface area contributed by atoms with Gasteiger partial charge >= 0.3 is 0 Å². The minimum absolute atomic E-state index is 0.00913. The van der Waals surface area contributed by atoms with Crippen molar-refractivity contribution in [3.63, 3.8) is 0 Å². The first-order chi connectivity index (χ1) is 13.1. The number of aliphatic hydroxyl groups is 1. The zero-order chi connectivity index (χ0) is 19.4. The first-order valence-corrected chi connectivity index (χ1v) is 9.18. The van der Waals surface area contributed by atoms with Gasteiger partial charge < -0.3 is 19.9 Å². The van der Waals surface area contributed by atoms with Crippen LogP contribution in [0.2, 0.25) is 0 Å². The first-order valence-electron chi connectivity index (χ1n) is 8.37. The summed E-state index contributed by atoms with van der Waals surface area (Å²) in [5, 5.41) is 22.4. The standard InChI is InChI=1S/C19H20N4O3S/c1-11-15(10-20)27-19-17(11)18(21-6-7-24)22-16(23-19)9-12-4-5-13(25-2)14(8-12)26-3/h4-5,8,24H,6-7,9H2,1-3H3,(H,21,22,23). The summed E-state index contributed by atoms with van der Waals surface area (Å²) in [6, 6.07) is 7.89. The number of methoxy groups -OCH3 is 2. The van der Waals surface area contributed by atoms with Gasteiger partial charge in [-0.25, -0.2) is 9.97 Å². The molecule has 0 fully saturated rings. The van der Waals surface area contributed by atoms with Crippen LogP contribution in [-0.2, 0) is 6.42 Å². The molecule has 0 aliphatic rings. The van der Waals surface area contributed by atoms with Crippen LogP contribution >= 0.6 is 11.3 Å². The van der Waals surface area contributed by atoms with Gasteiger partial charge in [-0.2, -0.15) is 5.26 Å². The van der Waals surface area contributed by atoms with Crippen LogP contribution in [0.4, 0.5) is 5.82 Å². The number of aryl methyl sites for hydroxylation is 1. The van der Waals surface area contributed by atoms with Crippen molar-refractivity contribution < 1.29 is 14.6 Å². The van der Waals surface area contributed by atoms with Crippen LogP contribution in [-0.4, -0.2) is 42.4 Å². The molecular formula is C19H20N4O3S. The number of thiophene rings is 1. The molecule has 3 aromatic rings. The van der Waals surface area contributed by atoms with Gasteiger partial charge in [-0.1, -0.05) is 6.07 Å². The van der Waals surface area contributed by atoms with E-state index in [0.29, 0.717) is 41.0 Å².